The molecule has 208 valence electrons. The molecule has 3 unspecified atom stereocenters. The highest BCUT2D eigenvalue weighted by Gasteiger charge is 2.49. The number of esters is 1. The van der Waals surface area contributed by atoms with Crippen LogP contribution in [-0.4, -0.2) is 81.2 Å². The Labute approximate surface area is 221 Å². The quantitative estimate of drug-likeness (QED) is 0.147. The van der Waals surface area contributed by atoms with Crippen molar-refractivity contribution in [3.05, 3.63) is 40.8 Å². The first-order valence-corrected chi connectivity index (χ1v) is 13.0. The SMILES string of the molecule is C[C@H](N[C@@H](CCc1ccccc1)C(=O)OCC(=O)C(=O)C(C)(C)N=O)C(=O)N1C(C(O)O)CC2CCCC21. The lowest BCUT2D eigenvalue weighted by Gasteiger charge is -2.34. The average Bonchev–Trinajstić information content (AvgIpc) is 3.50. The molecule has 5 atom stereocenters. The molecule has 1 aliphatic carbocycles. The summed E-state index contributed by atoms with van der Waals surface area (Å²) in [6.45, 7) is 3.14. The summed E-state index contributed by atoms with van der Waals surface area (Å²) in [4.78, 5) is 63.3. The number of aliphatic hydroxyl groups excluding tert-OH is 1. The summed E-state index contributed by atoms with van der Waals surface area (Å²) < 4.78 is 5.13. The van der Waals surface area contributed by atoms with Crippen LogP contribution in [0.2, 0.25) is 0 Å². The summed E-state index contributed by atoms with van der Waals surface area (Å²) in [5.41, 5.74) is -0.815. The number of ketones is 2. The highest BCUT2D eigenvalue weighted by atomic mass is 16.5. The van der Waals surface area contributed by atoms with Crippen LogP contribution in [0.1, 0.15) is 58.4 Å². The lowest BCUT2D eigenvalue weighted by Crippen LogP contribution is -2.56. The van der Waals surface area contributed by atoms with Crippen LogP contribution in [0, 0.1) is 10.8 Å². The minimum Gasteiger partial charge on any atom is -0.456 e. The largest absolute Gasteiger partial charge is 0.456 e. The molecule has 2 aliphatic rings. The molecule has 0 bridgehead atoms. The number of likely N-dealkylation sites (tertiary alicyclic amines) is 1. The predicted molar refractivity (Wildman–Crippen MR) is 137 cm³/mol. The Balaban J connectivity index is 1.70. The van der Waals surface area contributed by atoms with E-state index in [1.165, 1.54) is 13.8 Å². The van der Waals surface area contributed by atoms with E-state index in [0.29, 0.717) is 12.8 Å². The van der Waals surface area contributed by atoms with Crippen LogP contribution in [0.3, 0.4) is 0 Å². The van der Waals surface area contributed by atoms with Gasteiger partial charge in [-0.25, -0.2) is 0 Å². The number of ether oxygens (including phenoxy) is 1. The van der Waals surface area contributed by atoms with Crippen LogP contribution in [0.5, 0.6) is 0 Å². The van der Waals surface area contributed by atoms with Crippen molar-refractivity contribution in [2.45, 2.75) is 95.3 Å². The number of nitrogens with zero attached hydrogens (tertiary/aromatic N) is 2. The molecule has 1 aromatic carbocycles. The molecular weight excluding hydrogens is 494 g/mol. The van der Waals surface area contributed by atoms with Gasteiger partial charge in [0, 0.05) is 6.04 Å². The normalized spacial score (nSPS) is 22.6. The molecule has 11 heteroatoms. The second kappa shape index (κ2) is 12.7. The topological polar surface area (TPSA) is 163 Å². The van der Waals surface area contributed by atoms with E-state index in [4.69, 9.17) is 4.74 Å². The number of hydrogen-bond donors (Lipinski definition) is 3. The van der Waals surface area contributed by atoms with Crippen molar-refractivity contribution in [2.24, 2.45) is 11.1 Å². The summed E-state index contributed by atoms with van der Waals surface area (Å²) in [6.07, 6.45) is 2.23. The number of Topliss-reactive ketones (excluding diaryl/α,β-unsaturated/α-hetero) is 2. The first kappa shape index (κ1) is 29.5. The minimum atomic E-state index is -1.77. The summed E-state index contributed by atoms with van der Waals surface area (Å²) >= 11 is 0. The molecule has 3 rings (SSSR count). The second-order valence-corrected chi connectivity index (χ2v) is 10.7. The maximum atomic E-state index is 13.5. The number of fused-ring (bicyclic) bond motifs is 1. The Hall–Kier alpha value is -3.02. The third kappa shape index (κ3) is 6.89. The van der Waals surface area contributed by atoms with Gasteiger partial charge in [0.05, 0.1) is 12.1 Å². The number of nitrogens with one attached hydrogen (secondary N) is 1. The van der Waals surface area contributed by atoms with Gasteiger partial charge in [-0.15, -0.1) is 4.91 Å². The van der Waals surface area contributed by atoms with Crippen LogP contribution >= 0.6 is 0 Å². The number of hydrogen-bond acceptors (Lipinski definition) is 10. The Morgan fingerprint density at radius 3 is 2.47 bits per heavy atom. The number of benzene rings is 1. The molecule has 0 radical (unpaired) electrons. The lowest BCUT2D eigenvalue weighted by atomic mass is 9.97. The van der Waals surface area contributed by atoms with Crippen molar-refractivity contribution in [3.8, 4) is 0 Å². The highest BCUT2D eigenvalue weighted by molar-refractivity contribution is 6.41. The van der Waals surface area contributed by atoms with Gasteiger partial charge in [-0.2, -0.15) is 0 Å². The standard InChI is InChI=1S/C27H37N3O8/c1-16(24(33)30-20-11-7-10-18(20)14-21(30)25(34)35)28-19(13-12-17-8-5-4-6-9-17)26(36)38-15-22(31)23(32)27(2,3)29-37/h4-6,8-9,16,18-21,25,28,34-35H,7,10-15H2,1-3H3/t16-,18?,19-,20?,21?/m0/s1. The molecule has 1 aromatic rings. The third-order valence-corrected chi connectivity index (χ3v) is 7.53. The lowest BCUT2D eigenvalue weighted by molar-refractivity contribution is -0.154. The molecular formula is C27H37N3O8. The van der Waals surface area contributed by atoms with E-state index >= 15 is 0 Å². The fourth-order valence-electron chi connectivity index (χ4n) is 5.43. The molecule has 11 nitrogen and oxygen atoms in total. The van der Waals surface area contributed by atoms with E-state index < -0.39 is 54.1 Å². The Morgan fingerprint density at radius 1 is 1.16 bits per heavy atom. The Morgan fingerprint density at radius 2 is 1.84 bits per heavy atom. The smallest absolute Gasteiger partial charge is 0.323 e. The Bertz CT molecular complexity index is 1030. The van der Waals surface area contributed by atoms with Gasteiger partial charge in [-0.1, -0.05) is 41.9 Å². The van der Waals surface area contributed by atoms with E-state index in [0.717, 1.165) is 24.8 Å². The zero-order chi connectivity index (χ0) is 28.0. The van der Waals surface area contributed by atoms with Gasteiger partial charge in [0.15, 0.2) is 18.4 Å². The number of rotatable bonds is 13. The van der Waals surface area contributed by atoms with Crippen LogP contribution in [0.25, 0.3) is 0 Å². The van der Waals surface area contributed by atoms with Gasteiger partial charge in [0.25, 0.3) is 0 Å². The molecule has 1 amide bonds. The van der Waals surface area contributed by atoms with Crippen molar-refractivity contribution in [1.29, 1.82) is 0 Å². The van der Waals surface area contributed by atoms with Crippen molar-refractivity contribution in [3.63, 3.8) is 0 Å². The molecule has 2 fully saturated rings. The minimum absolute atomic E-state index is 0.0771. The van der Waals surface area contributed by atoms with Gasteiger partial charge < -0.3 is 19.8 Å². The number of aryl methyl sites for hydroxylation is 1. The first-order chi connectivity index (χ1) is 18.0. The summed E-state index contributed by atoms with van der Waals surface area (Å²) in [6, 6.07) is 6.74. The molecule has 1 aliphatic heterocycles. The van der Waals surface area contributed by atoms with Gasteiger partial charge >= 0.3 is 5.97 Å². The van der Waals surface area contributed by atoms with Crippen LogP contribution in [-0.2, 0) is 30.3 Å². The van der Waals surface area contributed by atoms with Crippen molar-refractivity contribution < 1.29 is 34.1 Å². The van der Waals surface area contributed by atoms with E-state index in [1.807, 2.05) is 30.3 Å². The molecule has 1 saturated heterocycles. The molecule has 1 heterocycles. The fraction of sp³-hybridized carbons (Fsp3) is 0.630. The van der Waals surface area contributed by atoms with E-state index in [9.17, 15) is 34.3 Å². The van der Waals surface area contributed by atoms with E-state index in [-0.39, 0.29) is 24.3 Å². The third-order valence-electron chi connectivity index (χ3n) is 7.53. The van der Waals surface area contributed by atoms with Crippen molar-refractivity contribution >= 4 is 23.4 Å². The monoisotopic (exact) mass is 531 g/mol. The van der Waals surface area contributed by atoms with Crippen LogP contribution < -0.4 is 5.32 Å². The Kier molecular flexibility index (Phi) is 9.86. The zero-order valence-corrected chi connectivity index (χ0v) is 22.0. The van der Waals surface area contributed by atoms with Gasteiger partial charge in [-0.05, 0) is 64.4 Å². The summed E-state index contributed by atoms with van der Waals surface area (Å²) in [5.74, 6) is -3.08. The van der Waals surface area contributed by atoms with E-state index in [2.05, 4.69) is 10.5 Å². The highest BCUT2D eigenvalue weighted by Crippen LogP contribution is 2.42. The zero-order valence-electron chi connectivity index (χ0n) is 22.0. The molecule has 1 saturated carbocycles. The average molecular weight is 532 g/mol. The van der Waals surface area contributed by atoms with Gasteiger partial charge in [-0.3, -0.25) is 24.5 Å². The molecule has 0 aromatic heterocycles. The maximum Gasteiger partial charge on any atom is 0.323 e. The van der Waals surface area contributed by atoms with Crippen molar-refractivity contribution in [2.75, 3.05) is 6.61 Å². The number of carbonyl (C=O) groups excluding carboxylic acids is 4. The summed E-state index contributed by atoms with van der Waals surface area (Å²) in [7, 11) is 0. The number of carbonyl (C=O) groups is 4. The molecule has 3 N–H and O–H groups in total. The number of nitroso groups, excluding NO2 is 1. The van der Waals surface area contributed by atoms with E-state index in [1.54, 1.807) is 11.8 Å². The maximum absolute atomic E-state index is 13.5. The van der Waals surface area contributed by atoms with Gasteiger partial charge in [0.1, 0.15) is 6.04 Å². The predicted octanol–water partition coefficient (Wildman–Crippen LogP) is 1.27. The molecule has 0 spiro atoms. The van der Waals surface area contributed by atoms with Crippen molar-refractivity contribution in [1.82, 2.24) is 10.2 Å². The molecule has 38 heavy (non-hydrogen) atoms. The first-order valence-electron chi connectivity index (χ1n) is 13.0. The number of aliphatic hydroxyl groups is 2. The van der Waals surface area contributed by atoms with Crippen LogP contribution in [0.4, 0.5) is 0 Å². The fourth-order valence-corrected chi connectivity index (χ4v) is 5.43. The van der Waals surface area contributed by atoms with Crippen LogP contribution in [0.15, 0.2) is 35.5 Å². The summed E-state index contributed by atoms with van der Waals surface area (Å²) in [5, 5.41) is 25.5. The second-order valence-electron chi connectivity index (χ2n) is 10.7. The van der Waals surface area contributed by atoms with Gasteiger partial charge in [0.2, 0.25) is 17.5 Å². The number of amides is 1.